The Kier molecular flexibility index (Phi) is 9.33. The van der Waals surface area contributed by atoms with Gasteiger partial charge in [0.1, 0.15) is 5.75 Å². The summed E-state index contributed by atoms with van der Waals surface area (Å²) in [5.41, 5.74) is 2.66. The van der Waals surface area contributed by atoms with E-state index in [9.17, 15) is 9.90 Å². The van der Waals surface area contributed by atoms with Crippen molar-refractivity contribution in [2.45, 2.75) is 45.4 Å². The summed E-state index contributed by atoms with van der Waals surface area (Å²) in [6.07, 6.45) is 3.17. The third-order valence-corrected chi connectivity index (χ3v) is 7.30. The van der Waals surface area contributed by atoms with Crippen molar-refractivity contribution in [3.63, 3.8) is 0 Å². The number of benzene rings is 2. The predicted molar refractivity (Wildman–Crippen MR) is 133 cm³/mol. The van der Waals surface area contributed by atoms with E-state index < -0.39 is 0 Å². The highest BCUT2D eigenvalue weighted by molar-refractivity contribution is 5.71. The minimum Gasteiger partial charge on any atom is -0.508 e. The van der Waals surface area contributed by atoms with Crippen LogP contribution in [0.5, 0.6) is 5.75 Å². The van der Waals surface area contributed by atoms with Crippen LogP contribution >= 0.6 is 0 Å². The Morgan fingerprint density at radius 3 is 2.73 bits per heavy atom. The maximum absolute atomic E-state index is 11.7. The number of carbonyl (C=O) groups is 1. The summed E-state index contributed by atoms with van der Waals surface area (Å²) in [5.74, 6) is 1.12. The molecule has 0 saturated carbocycles. The van der Waals surface area contributed by atoms with Crippen LogP contribution in [0.25, 0.3) is 0 Å². The standard InChI is InChI=1S/C28H40N2O3/c1-4-33-27(32)20-29-19-24(17-23-9-6-5-7-10-23)13-15-30-16-14-28(3,22(2)21-30)25-11-8-12-26(31)18-25/h5-12,18,22,24,29,31H,4,13-17,19-21H2,1-3H3. The lowest BCUT2D eigenvalue weighted by molar-refractivity contribution is -0.142. The van der Waals surface area contributed by atoms with Gasteiger partial charge in [0.2, 0.25) is 0 Å². The molecule has 2 N–H and O–H groups in total. The van der Waals surface area contributed by atoms with Crippen LogP contribution in [0.3, 0.4) is 0 Å². The second-order valence-electron chi connectivity index (χ2n) is 9.70. The molecule has 2 aromatic rings. The monoisotopic (exact) mass is 452 g/mol. The van der Waals surface area contributed by atoms with Crippen molar-refractivity contribution < 1.29 is 14.6 Å². The van der Waals surface area contributed by atoms with Gasteiger partial charge in [-0.05, 0) is 86.3 Å². The molecule has 3 rings (SSSR count). The van der Waals surface area contributed by atoms with E-state index in [1.807, 2.05) is 19.1 Å². The van der Waals surface area contributed by atoms with Crippen molar-refractivity contribution in [3.05, 3.63) is 65.7 Å². The van der Waals surface area contributed by atoms with Gasteiger partial charge in [0.15, 0.2) is 0 Å². The highest BCUT2D eigenvalue weighted by Crippen LogP contribution is 2.40. The molecule has 1 aliphatic heterocycles. The summed E-state index contributed by atoms with van der Waals surface area (Å²) in [6.45, 7) is 11.2. The number of rotatable bonds is 11. The molecule has 0 aromatic heterocycles. The normalized spacial score (nSPS) is 22.1. The number of likely N-dealkylation sites (tertiary alicyclic amines) is 1. The topological polar surface area (TPSA) is 61.8 Å². The van der Waals surface area contributed by atoms with Crippen molar-refractivity contribution in [3.8, 4) is 5.75 Å². The Morgan fingerprint density at radius 1 is 1.24 bits per heavy atom. The Hall–Kier alpha value is -2.37. The summed E-state index contributed by atoms with van der Waals surface area (Å²) in [4.78, 5) is 14.3. The van der Waals surface area contributed by atoms with Gasteiger partial charge in [0.05, 0.1) is 13.2 Å². The van der Waals surface area contributed by atoms with Crippen LogP contribution in [-0.2, 0) is 21.4 Å². The van der Waals surface area contributed by atoms with Crippen LogP contribution in [0.15, 0.2) is 54.6 Å². The maximum atomic E-state index is 11.7. The number of aromatic hydroxyl groups is 1. The summed E-state index contributed by atoms with van der Waals surface area (Å²) >= 11 is 0. The summed E-state index contributed by atoms with van der Waals surface area (Å²) < 4.78 is 5.05. The minimum absolute atomic E-state index is 0.0832. The van der Waals surface area contributed by atoms with E-state index >= 15 is 0 Å². The average Bonchev–Trinajstić information content (AvgIpc) is 2.80. The van der Waals surface area contributed by atoms with E-state index in [1.54, 1.807) is 6.07 Å². The third kappa shape index (κ3) is 7.31. The van der Waals surface area contributed by atoms with Crippen LogP contribution in [0.1, 0.15) is 44.7 Å². The second kappa shape index (κ2) is 12.2. The van der Waals surface area contributed by atoms with Crippen molar-refractivity contribution >= 4 is 5.97 Å². The number of phenolic OH excluding ortho intramolecular Hbond substituents is 1. The summed E-state index contributed by atoms with van der Waals surface area (Å²) in [7, 11) is 0. The highest BCUT2D eigenvalue weighted by atomic mass is 16.5. The van der Waals surface area contributed by atoms with Gasteiger partial charge >= 0.3 is 5.97 Å². The number of hydrogen-bond donors (Lipinski definition) is 2. The Bertz CT molecular complexity index is 872. The number of nitrogens with zero attached hydrogens (tertiary/aromatic N) is 1. The molecule has 5 nitrogen and oxygen atoms in total. The van der Waals surface area contributed by atoms with Gasteiger partial charge in [-0.1, -0.05) is 56.3 Å². The SMILES string of the molecule is CCOC(=O)CNCC(CCN1CCC(C)(c2cccc(O)c2)C(C)C1)Cc1ccccc1. The molecule has 3 unspecified atom stereocenters. The van der Waals surface area contributed by atoms with E-state index in [0.29, 0.717) is 24.2 Å². The molecule has 2 aromatic carbocycles. The number of carbonyl (C=O) groups excluding carboxylic acids is 1. The molecule has 1 heterocycles. The predicted octanol–water partition coefficient (Wildman–Crippen LogP) is 4.39. The summed E-state index contributed by atoms with van der Waals surface area (Å²) in [5, 5.41) is 13.3. The van der Waals surface area contributed by atoms with Gasteiger partial charge in [-0.3, -0.25) is 4.79 Å². The van der Waals surface area contributed by atoms with Crippen LogP contribution in [0, 0.1) is 11.8 Å². The quantitative estimate of drug-likeness (QED) is 0.495. The van der Waals surface area contributed by atoms with Crippen molar-refractivity contribution in [2.75, 3.05) is 39.3 Å². The van der Waals surface area contributed by atoms with Crippen LogP contribution in [0.2, 0.25) is 0 Å². The number of nitrogens with one attached hydrogen (secondary N) is 1. The lowest BCUT2D eigenvalue weighted by Gasteiger charge is -2.45. The van der Waals surface area contributed by atoms with Gasteiger partial charge in [-0.2, -0.15) is 0 Å². The van der Waals surface area contributed by atoms with E-state index in [2.05, 4.69) is 60.5 Å². The van der Waals surface area contributed by atoms with Gasteiger partial charge in [0.25, 0.3) is 0 Å². The molecule has 1 saturated heterocycles. The molecular weight excluding hydrogens is 412 g/mol. The number of ether oxygens (including phenoxy) is 1. The fourth-order valence-electron chi connectivity index (χ4n) is 4.99. The third-order valence-electron chi connectivity index (χ3n) is 7.30. The zero-order valence-electron chi connectivity index (χ0n) is 20.4. The van der Waals surface area contributed by atoms with E-state index in [4.69, 9.17) is 4.74 Å². The lowest BCUT2D eigenvalue weighted by Crippen LogP contribution is -2.48. The smallest absolute Gasteiger partial charge is 0.319 e. The molecule has 180 valence electrons. The largest absolute Gasteiger partial charge is 0.508 e. The first kappa shape index (κ1) is 25.3. The van der Waals surface area contributed by atoms with Gasteiger partial charge in [0, 0.05) is 6.54 Å². The first-order valence-corrected chi connectivity index (χ1v) is 12.3. The molecule has 0 amide bonds. The van der Waals surface area contributed by atoms with E-state index in [1.165, 1.54) is 11.1 Å². The molecule has 33 heavy (non-hydrogen) atoms. The van der Waals surface area contributed by atoms with E-state index in [0.717, 1.165) is 45.4 Å². The first-order chi connectivity index (χ1) is 15.9. The zero-order chi connectivity index (χ0) is 23.7. The van der Waals surface area contributed by atoms with Crippen molar-refractivity contribution in [1.82, 2.24) is 10.2 Å². The molecule has 1 aliphatic rings. The lowest BCUT2D eigenvalue weighted by atomic mass is 9.68. The second-order valence-corrected chi connectivity index (χ2v) is 9.70. The molecule has 0 aliphatic carbocycles. The zero-order valence-corrected chi connectivity index (χ0v) is 20.4. The van der Waals surface area contributed by atoms with Crippen LogP contribution < -0.4 is 5.32 Å². The highest BCUT2D eigenvalue weighted by Gasteiger charge is 2.38. The molecule has 0 spiro atoms. The Labute approximate surface area is 199 Å². The number of piperidine rings is 1. The van der Waals surface area contributed by atoms with Crippen molar-refractivity contribution in [1.29, 1.82) is 0 Å². The molecule has 5 heteroatoms. The van der Waals surface area contributed by atoms with Gasteiger partial charge in [-0.15, -0.1) is 0 Å². The number of hydrogen-bond acceptors (Lipinski definition) is 5. The Balaban J connectivity index is 1.55. The fourth-order valence-corrected chi connectivity index (χ4v) is 4.99. The van der Waals surface area contributed by atoms with Gasteiger partial charge < -0.3 is 20.1 Å². The molecule has 3 atom stereocenters. The van der Waals surface area contributed by atoms with Crippen molar-refractivity contribution in [2.24, 2.45) is 11.8 Å². The fraction of sp³-hybridized carbons (Fsp3) is 0.536. The average molecular weight is 453 g/mol. The van der Waals surface area contributed by atoms with E-state index in [-0.39, 0.29) is 17.9 Å². The van der Waals surface area contributed by atoms with Crippen LogP contribution in [0.4, 0.5) is 0 Å². The number of esters is 1. The van der Waals surface area contributed by atoms with Crippen LogP contribution in [-0.4, -0.2) is 55.3 Å². The molecule has 0 bridgehead atoms. The molecule has 0 radical (unpaired) electrons. The minimum atomic E-state index is -0.188. The maximum Gasteiger partial charge on any atom is 0.319 e. The first-order valence-electron chi connectivity index (χ1n) is 12.3. The molecule has 1 fully saturated rings. The number of phenols is 1. The molecular formula is C28H40N2O3. The van der Waals surface area contributed by atoms with Gasteiger partial charge in [-0.25, -0.2) is 0 Å². The summed E-state index contributed by atoms with van der Waals surface area (Å²) in [6, 6.07) is 18.4. The Morgan fingerprint density at radius 2 is 2.03 bits per heavy atom.